The van der Waals surface area contributed by atoms with Gasteiger partial charge in [-0.3, -0.25) is 14.3 Å². The number of aromatic amines is 3. The van der Waals surface area contributed by atoms with Crippen LogP contribution in [0.3, 0.4) is 0 Å². The summed E-state index contributed by atoms with van der Waals surface area (Å²) in [5.41, 5.74) is -0.0656. The van der Waals surface area contributed by atoms with Crippen LogP contribution in [0.25, 0.3) is 11.2 Å². The van der Waals surface area contributed by atoms with Gasteiger partial charge in [0.05, 0.1) is 0 Å². The lowest BCUT2D eigenvalue weighted by Gasteiger charge is -2.04. The molecule has 2 aromatic rings. The number of fused-ring (bicyclic) bond motifs is 1. The van der Waals surface area contributed by atoms with Gasteiger partial charge >= 0.3 is 5.69 Å². The summed E-state index contributed by atoms with van der Waals surface area (Å²) in [5, 5.41) is 0. The highest BCUT2D eigenvalue weighted by molar-refractivity contribution is 7.71. The molecule has 0 aliphatic heterocycles. The zero-order valence-corrected chi connectivity index (χ0v) is 9.61. The Morgan fingerprint density at radius 1 is 1.25 bits per heavy atom. The number of hydrogen-bond donors (Lipinski definition) is 3. The second-order valence-corrected chi connectivity index (χ2v) is 3.98. The molecule has 0 unspecified atom stereocenters. The summed E-state index contributed by atoms with van der Waals surface area (Å²) in [6.45, 7) is 2.60. The second-order valence-electron chi connectivity index (χ2n) is 3.57. The predicted octanol–water partition coefficient (Wildman–Crippen LogP) is 0.876. The third kappa shape index (κ3) is 1.73. The quantitative estimate of drug-likeness (QED) is 0.696. The van der Waals surface area contributed by atoms with Gasteiger partial charge in [0.1, 0.15) is 11.2 Å². The van der Waals surface area contributed by atoms with Crippen molar-refractivity contribution in [3.63, 3.8) is 0 Å². The normalized spacial score (nSPS) is 11.1. The van der Waals surface area contributed by atoms with Gasteiger partial charge in [0, 0.05) is 6.54 Å². The molecule has 0 spiro atoms. The largest absolute Gasteiger partial charge is 0.330 e. The molecule has 16 heavy (non-hydrogen) atoms. The van der Waals surface area contributed by atoms with Crippen molar-refractivity contribution < 1.29 is 0 Å². The Morgan fingerprint density at radius 3 is 2.69 bits per heavy atom. The minimum atomic E-state index is -0.444. The molecule has 2 heterocycles. The number of nitrogens with one attached hydrogen (secondary N) is 3. The summed E-state index contributed by atoms with van der Waals surface area (Å²) in [7, 11) is 0. The van der Waals surface area contributed by atoms with Gasteiger partial charge in [-0.1, -0.05) is 13.3 Å². The molecule has 0 aliphatic carbocycles. The molecule has 7 heteroatoms. The zero-order valence-electron chi connectivity index (χ0n) is 8.79. The second kappa shape index (κ2) is 4.09. The van der Waals surface area contributed by atoms with E-state index in [4.69, 9.17) is 12.2 Å². The summed E-state index contributed by atoms with van der Waals surface area (Å²) in [6, 6.07) is 0. The van der Waals surface area contributed by atoms with E-state index in [1.165, 1.54) is 4.57 Å². The standard InChI is InChI=1S/C9H12N4O2S/c1-2-3-4-13-6-5(10-8(16)11-6)7(14)12-9(13)15/h2-4H2,1H3,(H2,10,11,16)(H,12,14,15). The molecule has 2 rings (SSSR count). The smallest absolute Gasteiger partial charge is 0.325 e. The van der Waals surface area contributed by atoms with Crippen LogP contribution in [0.15, 0.2) is 9.59 Å². The molecule has 0 atom stereocenters. The molecule has 0 amide bonds. The van der Waals surface area contributed by atoms with E-state index in [1.807, 2.05) is 6.92 Å². The first-order chi connectivity index (χ1) is 7.63. The fourth-order valence-electron chi connectivity index (χ4n) is 1.60. The topological polar surface area (TPSA) is 86.4 Å². The number of aryl methyl sites for hydroxylation is 1. The Morgan fingerprint density at radius 2 is 2.00 bits per heavy atom. The highest BCUT2D eigenvalue weighted by atomic mass is 32.1. The van der Waals surface area contributed by atoms with Gasteiger partial charge in [-0.05, 0) is 18.6 Å². The molecule has 6 nitrogen and oxygen atoms in total. The van der Waals surface area contributed by atoms with Gasteiger partial charge in [-0.2, -0.15) is 0 Å². The van der Waals surface area contributed by atoms with E-state index in [9.17, 15) is 9.59 Å². The van der Waals surface area contributed by atoms with Crippen LogP contribution >= 0.6 is 12.2 Å². The summed E-state index contributed by atoms with van der Waals surface area (Å²) >= 11 is 4.91. The molecule has 3 N–H and O–H groups in total. The van der Waals surface area contributed by atoms with Crippen molar-refractivity contribution in [2.45, 2.75) is 26.3 Å². The molecular weight excluding hydrogens is 228 g/mol. The number of nitrogens with zero attached hydrogens (tertiary/aromatic N) is 1. The summed E-state index contributed by atoms with van der Waals surface area (Å²) in [5.74, 6) is 0. The Labute approximate surface area is 95.3 Å². The van der Waals surface area contributed by atoms with E-state index in [2.05, 4.69) is 15.0 Å². The summed E-state index contributed by atoms with van der Waals surface area (Å²) < 4.78 is 1.84. The third-order valence-corrected chi connectivity index (χ3v) is 2.61. The molecule has 0 saturated carbocycles. The minimum absolute atomic E-state index is 0.320. The van der Waals surface area contributed by atoms with Crippen molar-refractivity contribution >= 4 is 23.4 Å². The average molecular weight is 240 g/mol. The zero-order chi connectivity index (χ0) is 11.7. The van der Waals surface area contributed by atoms with Gasteiger partial charge in [-0.15, -0.1) is 0 Å². The van der Waals surface area contributed by atoms with Crippen LogP contribution in [-0.2, 0) is 6.54 Å². The molecule has 0 bridgehead atoms. The van der Waals surface area contributed by atoms with Crippen molar-refractivity contribution in [2.75, 3.05) is 0 Å². The molecule has 2 aromatic heterocycles. The maximum Gasteiger partial charge on any atom is 0.330 e. The first-order valence-electron chi connectivity index (χ1n) is 5.08. The molecule has 0 saturated heterocycles. The Bertz CT molecular complexity index is 675. The van der Waals surface area contributed by atoms with Crippen molar-refractivity contribution in [1.82, 2.24) is 19.5 Å². The molecule has 0 aliphatic rings. The first-order valence-corrected chi connectivity index (χ1v) is 5.49. The van der Waals surface area contributed by atoms with Crippen molar-refractivity contribution in [3.05, 3.63) is 25.6 Å². The van der Waals surface area contributed by atoms with Crippen LogP contribution in [0.2, 0.25) is 0 Å². The van der Waals surface area contributed by atoms with Crippen molar-refractivity contribution in [2.24, 2.45) is 0 Å². The van der Waals surface area contributed by atoms with Crippen molar-refractivity contribution in [3.8, 4) is 0 Å². The molecule has 0 fully saturated rings. The molecule has 0 radical (unpaired) electrons. The van der Waals surface area contributed by atoms with Crippen LogP contribution in [0.1, 0.15) is 19.8 Å². The Hall–Kier alpha value is -1.63. The van der Waals surface area contributed by atoms with Gasteiger partial charge < -0.3 is 9.97 Å². The van der Waals surface area contributed by atoms with Crippen LogP contribution in [0.5, 0.6) is 0 Å². The third-order valence-electron chi connectivity index (χ3n) is 2.41. The van der Waals surface area contributed by atoms with E-state index in [1.54, 1.807) is 0 Å². The molecule has 0 aromatic carbocycles. The highest BCUT2D eigenvalue weighted by Gasteiger charge is 2.08. The first kappa shape index (κ1) is 10.9. The van der Waals surface area contributed by atoms with E-state index in [-0.39, 0.29) is 0 Å². The number of rotatable bonds is 3. The molecular formula is C9H12N4O2S. The van der Waals surface area contributed by atoms with Crippen LogP contribution in [-0.4, -0.2) is 19.5 Å². The summed E-state index contributed by atoms with van der Waals surface area (Å²) in [6.07, 6.45) is 1.84. The number of unbranched alkanes of at least 4 members (excludes halogenated alkanes) is 1. The van der Waals surface area contributed by atoms with E-state index < -0.39 is 11.2 Å². The van der Waals surface area contributed by atoms with Gasteiger partial charge in [0.2, 0.25) is 0 Å². The van der Waals surface area contributed by atoms with Gasteiger partial charge in [0.15, 0.2) is 4.77 Å². The lowest BCUT2D eigenvalue weighted by atomic mass is 10.3. The lowest BCUT2D eigenvalue weighted by Crippen LogP contribution is -2.30. The SMILES string of the molecule is CCCCn1c(=O)[nH]c(=O)c2[nH]c(=S)[nH]c21. The van der Waals surface area contributed by atoms with E-state index >= 15 is 0 Å². The lowest BCUT2D eigenvalue weighted by molar-refractivity contribution is 0.613. The maximum atomic E-state index is 11.6. The number of hydrogen-bond acceptors (Lipinski definition) is 3. The maximum absolute atomic E-state index is 11.6. The van der Waals surface area contributed by atoms with Crippen LogP contribution < -0.4 is 11.2 Å². The average Bonchev–Trinajstić information content (AvgIpc) is 2.60. The Kier molecular flexibility index (Phi) is 2.78. The number of aromatic nitrogens is 4. The van der Waals surface area contributed by atoms with Crippen LogP contribution in [0, 0.1) is 4.77 Å². The van der Waals surface area contributed by atoms with Gasteiger partial charge in [-0.25, -0.2) is 4.79 Å². The van der Waals surface area contributed by atoms with Gasteiger partial charge in [0.25, 0.3) is 5.56 Å². The van der Waals surface area contributed by atoms with Crippen LogP contribution in [0.4, 0.5) is 0 Å². The highest BCUT2D eigenvalue weighted by Crippen LogP contribution is 2.03. The summed E-state index contributed by atoms with van der Waals surface area (Å²) in [4.78, 5) is 30.9. The number of imidazole rings is 1. The fraction of sp³-hybridized carbons (Fsp3) is 0.444. The van der Waals surface area contributed by atoms with E-state index in [0.29, 0.717) is 22.5 Å². The monoisotopic (exact) mass is 240 g/mol. The van der Waals surface area contributed by atoms with Crippen molar-refractivity contribution in [1.29, 1.82) is 0 Å². The van der Waals surface area contributed by atoms with E-state index in [0.717, 1.165) is 12.8 Å². The molecule has 86 valence electrons. The fourth-order valence-corrected chi connectivity index (χ4v) is 1.80. The minimum Gasteiger partial charge on any atom is -0.325 e. The number of H-pyrrole nitrogens is 3. The predicted molar refractivity (Wildman–Crippen MR) is 63.3 cm³/mol. The Balaban J connectivity index is 2.76.